The summed E-state index contributed by atoms with van der Waals surface area (Å²) in [6.45, 7) is 2.30. The number of rotatable bonds is 3. The van der Waals surface area contributed by atoms with Crippen LogP contribution < -0.4 is 4.90 Å². The highest BCUT2D eigenvalue weighted by Gasteiger charge is 2.12. The van der Waals surface area contributed by atoms with E-state index in [4.69, 9.17) is 0 Å². The Kier molecular flexibility index (Phi) is 4.30. The van der Waals surface area contributed by atoms with E-state index in [1.807, 2.05) is 36.3 Å². The first-order valence-corrected chi connectivity index (χ1v) is 9.67. The second kappa shape index (κ2) is 6.72. The summed E-state index contributed by atoms with van der Waals surface area (Å²) < 4.78 is 0. The minimum atomic E-state index is 1.02. The van der Waals surface area contributed by atoms with Crippen molar-refractivity contribution in [2.45, 2.75) is 0 Å². The van der Waals surface area contributed by atoms with Gasteiger partial charge in [-0.25, -0.2) is 4.98 Å². The third kappa shape index (κ3) is 3.26. The van der Waals surface area contributed by atoms with Gasteiger partial charge in [0.1, 0.15) is 5.01 Å². The van der Waals surface area contributed by atoms with Gasteiger partial charge >= 0.3 is 0 Å². The average Bonchev–Trinajstić information content (AvgIpc) is 3.14. The number of nitrogens with zero attached hydrogens (tertiary/aromatic N) is 3. The summed E-state index contributed by atoms with van der Waals surface area (Å²) in [6, 6.07) is 12.9. The number of hydrogen-bond donors (Lipinski definition) is 0. The fraction of sp³-hybridized carbons (Fsp3) is 0.222. The van der Waals surface area contributed by atoms with Crippen molar-refractivity contribution in [3.05, 3.63) is 55.0 Å². The Bertz CT molecular complexity index is 762. The van der Waals surface area contributed by atoms with Crippen molar-refractivity contribution < 1.29 is 0 Å². The zero-order valence-corrected chi connectivity index (χ0v) is 14.3. The van der Waals surface area contributed by atoms with Gasteiger partial charge in [0, 0.05) is 54.4 Å². The highest BCUT2D eigenvalue weighted by molar-refractivity contribution is 7.99. The van der Waals surface area contributed by atoms with E-state index in [0.717, 1.165) is 23.7 Å². The third-order valence-electron chi connectivity index (χ3n) is 3.94. The molecule has 0 saturated carbocycles. The van der Waals surface area contributed by atoms with Gasteiger partial charge in [0.05, 0.1) is 4.88 Å². The maximum absolute atomic E-state index is 4.54. The Morgan fingerprint density at radius 2 is 1.74 bits per heavy atom. The molecule has 0 bridgehead atoms. The molecule has 3 nitrogen and oxygen atoms in total. The van der Waals surface area contributed by atoms with Gasteiger partial charge in [0.2, 0.25) is 0 Å². The number of hydrogen-bond acceptors (Lipinski definition) is 5. The fourth-order valence-electron chi connectivity index (χ4n) is 2.69. The van der Waals surface area contributed by atoms with Gasteiger partial charge in [0.25, 0.3) is 0 Å². The minimum Gasteiger partial charge on any atom is -0.370 e. The summed E-state index contributed by atoms with van der Waals surface area (Å²) >= 11 is 3.75. The van der Waals surface area contributed by atoms with Crippen LogP contribution in [0.4, 0.5) is 5.69 Å². The molecule has 2 aromatic heterocycles. The lowest BCUT2D eigenvalue weighted by atomic mass is 10.2. The normalized spacial score (nSPS) is 14.9. The van der Waals surface area contributed by atoms with Crippen LogP contribution in [-0.4, -0.2) is 34.6 Å². The number of thioether (sulfide) groups is 1. The molecule has 0 N–H and O–H groups in total. The number of aromatic nitrogens is 2. The van der Waals surface area contributed by atoms with Crippen LogP contribution in [0.3, 0.4) is 0 Å². The predicted octanol–water partition coefficient (Wildman–Crippen LogP) is 4.43. The Morgan fingerprint density at radius 3 is 2.48 bits per heavy atom. The van der Waals surface area contributed by atoms with Crippen molar-refractivity contribution in [1.29, 1.82) is 0 Å². The van der Waals surface area contributed by atoms with Crippen LogP contribution in [0.1, 0.15) is 0 Å². The topological polar surface area (TPSA) is 29.0 Å². The molecule has 0 aliphatic carbocycles. The molecular weight excluding hydrogens is 322 g/mol. The summed E-state index contributed by atoms with van der Waals surface area (Å²) in [5.41, 5.74) is 3.63. The lowest BCUT2D eigenvalue weighted by Crippen LogP contribution is -2.32. The molecule has 1 aliphatic rings. The zero-order valence-electron chi connectivity index (χ0n) is 12.7. The number of benzene rings is 1. The standard InChI is InChI=1S/C18H17N3S2/c1-2-15(12-19-7-1)18-20-13-17(23-18)14-3-5-16(6-4-14)21-8-10-22-11-9-21/h1-7,12-13H,8-11H2. The van der Waals surface area contributed by atoms with Gasteiger partial charge < -0.3 is 4.90 Å². The smallest absolute Gasteiger partial charge is 0.125 e. The molecule has 5 heteroatoms. The Balaban J connectivity index is 1.55. The molecule has 4 rings (SSSR count). The van der Waals surface area contributed by atoms with E-state index in [2.05, 4.69) is 39.1 Å². The van der Waals surface area contributed by atoms with Crippen LogP contribution in [0.15, 0.2) is 55.0 Å². The Hall–Kier alpha value is -1.85. The largest absolute Gasteiger partial charge is 0.370 e. The first kappa shape index (κ1) is 14.7. The monoisotopic (exact) mass is 339 g/mol. The first-order valence-electron chi connectivity index (χ1n) is 7.69. The Labute approximate surface area is 144 Å². The van der Waals surface area contributed by atoms with Crippen molar-refractivity contribution in [1.82, 2.24) is 9.97 Å². The van der Waals surface area contributed by atoms with E-state index in [-0.39, 0.29) is 0 Å². The van der Waals surface area contributed by atoms with Gasteiger partial charge in [-0.3, -0.25) is 4.98 Å². The van der Waals surface area contributed by atoms with E-state index >= 15 is 0 Å². The molecule has 0 atom stereocenters. The molecule has 23 heavy (non-hydrogen) atoms. The average molecular weight is 339 g/mol. The van der Waals surface area contributed by atoms with Crippen LogP contribution in [-0.2, 0) is 0 Å². The number of thiazole rings is 1. The van der Waals surface area contributed by atoms with Crippen LogP contribution in [0, 0.1) is 0 Å². The molecule has 1 aliphatic heterocycles. The lowest BCUT2D eigenvalue weighted by Gasteiger charge is -2.28. The van der Waals surface area contributed by atoms with Crippen molar-refractivity contribution in [2.75, 3.05) is 29.5 Å². The molecule has 0 amide bonds. The maximum Gasteiger partial charge on any atom is 0.125 e. The van der Waals surface area contributed by atoms with E-state index in [9.17, 15) is 0 Å². The van der Waals surface area contributed by atoms with E-state index in [1.54, 1.807) is 17.5 Å². The Morgan fingerprint density at radius 1 is 0.913 bits per heavy atom. The van der Waals surface area contributed by atoms with Gasteiger partial charge in [-0.1, -0.05) is 12.1 Å². The van der Waals surface area contributed by atoms with Crippen LogP contribution in [0.5, 0.6) is 0 Å². The summed E-state index contributed by atoms with van der Waals surface area (Å²) in [6.07, 6.45) is 5.61. The van der Waals surface area contributed by atoms with Crippen LogP contribution >= 0.6 is 23.1 Å². The van der Waals surface area contributed by atoms with Crippen molar-refractivity contribution in [3.63, 3.8) is 0 Å². The summed E-state index contributed by atoms with van der Waals surface area (Å²) in [4.78, 5) is 12.4. The van der Waals surface area contributed by atoms with Gasteiger partial charge in [-0.15, -0.1) is 11.3 Å². The third-order valence-corrected chi connectivity index (χ3v) is 5.98. The van der Waals surface area contributed by atoms with Crippen molar-refractivity contribution in [2.24, 2.45) is 0 Å². The summed E-state index contributed by atoms with van der Waals surface area (Å²) in [5.74, 6) is 2.45. The fourth-order valence-corrected chi connectivity index (χ4v) is 4.50. The van der Waals surface area contributed by atoms with E-state index in [0.29, 0.717) is 0 Å². The number of anilines is 1. The highest BCUT2D eigenvalue weighted by Crippen LogP contribution is 2.32. The summed E-state index contributed by atoms with van der Waals surface area (Å²) in [5, 5.41) is 1.02. The summed E-state index contributed by atoms with van der Waals surface area (Å²) in [7, 11) is 0. The molecule has 1 fully saturated rings. The SMILES string of the molecule is c1cncc(-c2ncc(-c3ccc(N4CCSCC4)cc3)s2)c1. The second-order valence-corrected chi connectivity index (χ2v) is 7.67. The van der Waals surface area contributed by atoms with Crippen molar-refractivity contribution in [3.8, 4) is 21.0 Å². The molecule has 116 valence electrons. The number of pyridine rings is 1. The predicted molar refractivity (Wildman–Crippen MR) is 100 cm³/mol. The van der Waals surface area contributed by atoms with Crippen LogP contribution in [0.25, 0.3) is 21.0 Å². The lowest BCUT2D eigenvalue weighted by molar-refractivity contribution is 0.859. The molecule has 3 aromatic rings. The van der Waals surface area contributed by atoms with Crippen LogP contribution in [0.2, 0.25) is 0 Å². The molecule has 0 radical (unpaired) electrons. The van der Waals surface area contributed by atoms with Gasteiger partial charge in [-0.2, -0.15) is 11.8 Å². The second-order valence-electron chi connectivity index (χ2n) is 5.42. The van der Waals surface area contributed by atoms with E-state index < -0.39 is 0 Å². The molecule has 1 saturated heterocycles. The molecule has 1 aromatic carbocycles. The van der Waals surface area contributed by atoms with E-state index in [1.165, 1.54) is 27.6 Å². The first-order chi connectivity index (χ1) is 11.4. The molecule has 3 heterocycles. The zero-order chi connectivity index (χ0) is 15.5. The molecule has 0 spiro atoms. The quantitative estimate of drug-likeness (QED) is 0.706. The highest BCUT2D eigenvalue weighted by atomic mass is 32.2. The van der Waals surface area contributed by atoms with Gasteiger partial charge in [-0.05, 0) is 29.8 Å². The van der Waals surface area contributed by atoms with Gasteiger partial charge in [0.15, 0.2) is 0 Å². The molecular formula is C18H17N3S2. The van der Waals surface area contributed by atoms with Crippen molar-refractivity contribution >= 4 is 28.8 Å². The molecule has 0 unspecified atom stereocenters. The minimum absolute atomic E-state index is 1.02. The maximum atomic E-state index is 4.54.